The molecule has 1 N–H and O–H groups in total. The number of nitrogens with zero attached hydrogens (tertiary/aromatic N) is 1. The second-order valence-corrected chi connectivity index (χ2v) is 10.5. The number of carbonyl (C=O) groups is 1. The van der Waals surface area contributed by atoms with Gasteiger partial charge in [0.15, 0.2) is 7.26 Å². The lowest BCUT2D eigenvalue weighted by atomic mass is 10.2. The van der Waals surface area contributed by atoms with E-state index in [1.54, 1.807) is 0 Å². The average molecular weight is 415 g/mol. The Bertz CT molecular complexity index is 1110. The maximum absolute atomic E-state index is 12.3. The Kier molecular flexibility index (Phi) is 5.52. The van der Waals surface area contributed by atoms with E-state index < -0.39 is 13.2 Å². The first-order chi connectivity index (χ1) is 14.6. The number of hydrogen-bond donors (Lipinski definition) is 1. The molecule has 3 aromatic carbocycles. The molecule has 150 valence electrons. The molecule has 4 nitrogen and oxygen atoms in total. The summed E-state index contributed by atoms with van der Waals surface area (Å²) >= 11 is 0. The Morgan fingerprint density at radius 3 is 1.80 bits per heavy atom. The topological polar surface area (TPSA) is 55.0 Å². The Labute approximate surface area is 177 Å². The minimum Gasteiger partial charge on any atom is -0.463 e. The second kappa shape index (κ2) is 8.25. The molecule has 0 fully saturated rings. The fraction of sp³-hybridized carbons (Fsp3) is 0.120. The smallest absolute Gasteiger partial charge is 0.374 e. The van der Waals surface area contributed by atoms with Crippen molar-refractivity contribution in [3.05, 3.63) is 102 Å². The zero-order valence-corrected chi connectivity index (χ0v) is 18.2. The van der Waals surface area contributed by atoms with Crippen LogP contribution in [0.1, 0.15) is 21.9 Å². The molecule has 1 heterocycles. The summed E-state index contributed by atoms with van der Waals surface area (Å²) in [5.74, 6) is -0.235. The third kappa shape index (κ3) is 3.34. The van der Waals surface area contributed by atoms with E-state index in [0.29, 0.717) is 0 Å². The quantitative estimate of drug-likeness (QED) is 0.401. The number of rotatable bonds is 5. The fourth-order valence-electron chi connectivity index (χ4n) is 3.86. The standard InChI is InChI=1S/C25H23N2O2P/c1-18-14-16-22(17-15-18)30(20-10-6-4-7-11-20,21-12-8-5-9-13-21)24-19(2)26-23(27-24)25(28)29-3/h4-17H,1-3H3/p+1. The van der Waals surface area contributed by atoms with Crippen LogP contribution in [-0.4, -0.2) is 23.0 Å². The predicted molar refractivity (Wildman–Crippen MR) is 124 cm³/mol. The molecule has 30 heavy (non-hydrogen) atoms. The zero-order chi connectivity index (χ0) is 21.1. The van der Waals surface area contributed by atoms with Crippen LogP contribution in [0.4, 0.5) is 0 Å². The molecule has 0 aliphatic rings. The van der Waals surface area contributed by atoms with E-state index in [0.717, 1.165) is 11.1 Å². The highest BCUT2D eigenvalue weighted by atomic mass is 31.2. The number of aryl methyl sites for hydroxylation is 2. The van der Waals surface area contributed by atoms with Gasteiger partial charge in [0.1, 0.15) is 15.9 Å². The molecule has 4 rings (SSSR count). The number of imidazole rings is 1. The molecule has 0 aliphatic heterocycles. The minimum atomic E-state index is -2.34. The van der Waals surface area contributed by atoms with Gasteiger partial charge in [-0.1, -0.05) is 54.1 Å². The number of esters is 1. The molecular formula is C25H24N2O2P+. The van der Waals surface area contributed by atoms with Gasteiger partial charge in [0.2, 0.25) is 11.3 Å². The minimum absolute atomic E-state index is 0.230. The van der Waals surface area contributed by atoms with Crippen LogP contribution < -0.4 is 21.3 Å². The van der Waals surface area contributed by atoms with Crippen molar-refractivity contribution in [2.75, 3.05) is 7.11 Å². The summed E-state index contributed by atoms with van der Waals surface area (Å²) in [5.41, 5.74) is 2.97. The van der Waals surface area contributed by atoms with Gasteiger partial charge in [-0.3, -0.25) is 0 Å². The first-order valence-electron chi connectivity index (χ1n) is 9.80. The highest BCUT2D eigenvalue weighted by Gasteiger charge is 2.51. The van der Waals surface area contributed by atoms with Crippen LogP contribution in [0.25, 0.3) is 0 Å². The van der Waals surface area contributed by atoms with Crippen molar-refractivity contribution < 1.29 is 9.53 Å². The van der Waals surface area contributed by atoms with Gasteiger partial charge in [0.25, 0.3) is 0 Å². The van der Waals surface area contributed by atoms with Crippen LogP contribution in [0, 0.1) is 13.8 Å². The predicted octanol–water partition coefficient (Wildman–Crippen LogP) is 3.43. The third-order valence-electron chi connectivity index (χ3n) is 5.26. The van der Waals surface area contributed by atoms with E-state index in [1.165, 1.54) is 28.6 Å². The van der Waals surface area contributed by atoms with Crippen molar-refractivity contribution in [2.45, 2.75) is 13.8 Å². The van der Waals surface area contributed by atoms with Crippen molar-refractivity contribution in [3.8, 4) is 0 Å². The van der Waals surface area contributed by atoms with Crippen LogP contribution in [0.15, 0.2) is 84.9 Å². The van der Waals surface area contributed by atoms with Crippen molar-refractivity contribution in [3.63, 3.8) is 0 Å². The van der Waals surface area contributed by atoms with Crippen molar-refractivity contribution in [1.82, 2.24) is 9.97 Å². The number of carbonyl (C=O) groups excluding carboxylic acids is 1. The molecule has 0 amide bonds. The highest BCUT2D eigenvalue weighted by molar-refractivity contribution is 8.01. The van der Waals surface area contributed by atoms with Crippen molar-refractivity contribution in [2.24, 2.45) is 0 Å². The van der Waals surface area contributed by atoms with Crippen molar-refractivity contribution in [1.29, 1.82) is 0 Å². The summed E-state index contributed by atoms with van der Waals surface area (Å²) in [6, 6.07) is 29.6. The first-order valence-corrected chi connectivity index (χ1v) is 11.6. The van der Waals surface area contributed by atoms with E-state index in [2.05, 4.69) is 84.7 Å². The molecule has 0 unspecified atom stereocenters. The Morgan fingerprint density at radius 1 is 0.800 bits per heavy atom. The number of ether oxygens (including phenoxy) is 1. The van der Waals surface area contributed by atoms with Gasteiger partial charge in [0, 0.05) is 0 Å². The van der Waals surface area contributed by atoms with E-state index in [1.807, 2.05) is 19.1 Å². The maximum atomic E-state index is 12.3. The van der Waals surface area contributed by atoms with Crippen LogP contribution in [0.5, 0.6) is 0 Å². The largest absolute Gasteiger partial charge is 0.463 e. The molecular weight excluding hydrogens is 391 g/mol. The number of nitrogens with one attached hydrogen (secondary N) is 1. The summed E-state index contributed by atoms with van der Waals surface area (Å²) in [5, 5.41) is 3.56. The molecule has 4 aromatic rings. The molecule has 0 radical (unpaired) electrons. The van der Waals surface area contributed by atoms with E-state index in [-0.39, 0.29) is 5.82 Å². The van der Waals surface area contributed by atoms with Crippen LogP contribution in [-0.2, 0) is 4.74 Å². The van der Waals surface area contributed by atoms with Crippen LogP contribution in [0.3, 0.4) is 0 Å². The van der Waals surface area contributed by atoms with E-state index in [9.17, 15) is 4.79 Å². The normalized spacial score (nSPS) is 11.3. The van der Waals surface area contributed by atoms with E-state index in [4.69, 9.17) is 9.72 Å². The van der Waals surface area contributed by atoms with Gasteiger partial charge in [-0.15, -0.1) is 0 Å². The molecule has 0 atom stereocenters. The Morgan fingerprint density at radius 2 is 1.30 bits per heavy atom. The SMILES string of the molecule is COC(=O)c1nc([P+](c2ccccc2)(c2ccccc2)c2ccc(C)cc2)c(C)[nH]1. The summed E-state index contributed by atoms with van der Waals surface area (Å²) in [6.07, 6.45) is 0. The molecule has 0 bridgehead atoms. The second-order valence-electron chi connectivity index (χ2n) is 7.20. The summed E-state index contributed by atoms with van der Waals surface area (Å²) in [4.78, 5) is 20.2. The van der Waals surface area contributed by atoms with Gasteiger partial charge >= 0.3 is 5.97 Å². The summed E-state index contributed by atoms with van der Waals surface area (Å²) < 4.78 is 4.93. The van der Waals surface area contributed by atoms with Crippen LogP contribution in [0.2, 0.25) is 0 Å². The molecule has 0 saturated carbocycles. The number of hydrogen-bond acceptors (Lipinski definition) is 3. The lowest BCUT2D eigenvalue weighted by Crippen LogP contribution is -2.40. The number of H-pyrrole nitrogens is 1. The van der Waals surface area contributed by atoms with Gasteiger partial charge < -0.3 is 9.72 Å². The monoisotopic (exact) mass is 415 g/mol. The zero-order valence-electron chi connectivity index (χ0n) is 17.3. The highest BCUT2D eigenvalue weighted by Crippen LogP contribution is 2.54. The lowest BCUT2D eigenvalue weighted by Gasteiger charge is -2.26. The third-order valence-corrected chi connectivity index (χ3v) is 9.55. The Balaban J connectivity index is 2.12. The maximum Gasteiger partial charge on any atom is 0.374 e. The molecule has 0 aliphatic carbocycles. The number of benzene rings is 3. The van der Waals surface area contributed by atoms with Gasteiger partial charge in [-0.2, -0.15) is 4.98 Å². The Hall–Kier alpha value is -3.23. The summed E-state index contributed by atoms with van der Waals surface area (Å²) in [6.45, 7) is 4.06. The number of methoxy groups -OCH3 is 1. The lowest BCUT2D eigenvalue weighted by molar-refractivity contribution is 0.0588. The number of aromatic nitrogens is 2. The van der Waals surface area contributed by atoms with E-state index >= 15 is 0 Å². The molecule has 0 spiro atoms. The van der Waals surface area contributed by atoms with Gasteiger partial charge in [0.05, 0.1) is 12.8 Å². The van der Waals surface area contributed by atoms with Crippen molar-refractivity contribution >= 4 is 34.6 Å². The van der Waals surface area contributed by atoms with Crippen LogP contribution >= 0.6 is 7.26 Å². The number of aromatic amines is 1. The fourth-order valence-corrected chi connectivity index (χ4v) is 8.13. The molecule has 0 saturated heterocycles. The molecule has 5 heteroatoms. The van der Waals surface area contributed by atoms with Gasteiger partial charge in [-0.05, 0) is 50.2 Å². The average Bonchev–Trinajstić information content (AvgIpc) is 3.18. The molecule has 1 aromatic heterocycles. The van der Waals surface area contributed by atoms with Gasteiger partial charge in [-0.25, -0.2) is 4.79 Å². The summed E-state index contributed by atoms with van der Waals surface area (Å²) in [7, 11) is -0.971. The first kappa shape index (κ1) is 20.1.